The van der Waals surface area contributed by atoms with Crippen LogP contribution in [0.3, 0.4) is 0 Å². The molecule has 0 unspecified atom stereocenters. The van der Waals surface area contributed by atoms with Crippen LogP contribution in [0, 0.1) is 0 Å². The zero-order valence-corrected chi connectivity index (χ0v) is 12.0. The highest BCUT2D eigenvalue weighted by Gasteiger charge is 2.14. The number of nitrogens with zero attached hydrogens (tertiary/aromatic N) is 2. The minimum Gasteiger partial charge on any atom is -0.350 e. The lowest BCUT2D eigenvalue weighted by Crippen LogP contribution is -2.27. The van der Waals surface area contributed by atoms with Crippen molar-refractivity contribution in [1.29, 1.82) is 0 Å². The number of hydrogen-bond acceptors (Lipinski definition) is 4. The molecular formula is C12H16ClN3S. The number of aryl methyl sites for hydroxylation is 1. The van der Waals surface area contributed by atoms with Crippen molar-refractivity contribution in [3.63, 3.8) is 0 Å². The Bertz CT molecular complexity index is 542. The van der Waals surface area contributed by atoms with E-state index in [0.717, 1.165) is 16.6 Å². The quantitative estimate of drug-likeness (QED) is 0.834. The second-order valence-electron chi connectivity index (χ2n) is 5.00. The Hall–Kier alpha value is -0.870. The van der Waals surface area contributed by atoms with Crippen LogP contribution < -0.4 is 5.32 Å². The third-order valence-corrected chi connectivity index (χ3v) is 3.69. The molecular weight excluding hydrogens is 254 g/mol. The van der Waals surface area contributed by atoms with E-state index in [9.17, 15) is 0 Å². The first kappa shape index (κ1) is 12.6. The molecule has 0 aromatic carbocycles. The lowest BCUT2D eigenvalue weighted by Gasteiger charge is -2.20. The van der Waals surface area contributed by atoms with Crippen LogP contribution in [0.2, 0.25) is 5.15 Å². The number of anilines is 1. The highest BCUT2D eigenvalue weighted by atomic mass is 35.5. The van der Waals surface area contributed by atoms with Crippen LogP contribution in [-0.2, 0) is 6.42 Å². The predicted molar refractivity (Wildman–Crippen MR) is 75.2 cm³/mol. The fraction of sp³-hybridized carbons (Fsp3) is 0.500. The molecule has 0 atom stereocenters. The molecule has 3 nitrogen and oxygen atoms in total. The summed E-state index contributed by atoms with van der Waals surface area (Å²) in [5.74, 6) is 0.597. The van der Waals surface area contributed by atoms with Gasteiger partial charge in [0.2, 0.25) is 5.95 Å². The van der Waals surface area contributed by atoms with Crippen LogP contribution in [0.15, 0.2) is 6.07 Å². The zero-order valence-electron chi connectivity index (χ0n) is 10.5. The van der Waals surface area contributed by atoms with E-state index in [1.165, 1.54) is 4.88 Å². The number of fused-ring (bicyclic) bond motifs is 1. The van der Waals surface area contributed by atoms with Crippen molar-refractivity contribution in [2.24, 2.45) is 0 Å². The Morgan fingerprint density at radius 3 is 2.65 bits per heavy atom. The second kappa shape index (κ2) is 4.42. The molecule has 5 heteroatoms. The molecule has 0 saturated carbocycles. The Labute approximate surface area is 110 Å². The summed E-state index contributed by atoms with van der Waals surface area (Å²) in [7, 11) is 0. The lowest BCUT2D eigenvalue weighted by molar-refractivity contribution is 0.627. The average Bonchev–Trinajstić information content (AvgIpc) is 2.58. The Morgan fingerprint density at radius 1 is 1.35 bits per heavy atom. The zero-order chi connectivity index (χ0) is 12.6. The fourth-order valence-electron chi connectivity index (χ4n) is 1.50. The van der Waals surface area contributed by atoms with E-state index in [2.05, 4.69) is 49.0 Å². The van der Waals surface area contributed by atoms with Crippen molar-refractivity contribution in [3.8, 4) is 0 Å². The van der Waals surface area contributed by atoms with Gasteiger partial charge in [0.25, 0.3) is 0 Å². The molecule has 0 aliphatic carbocycles. The molecule has 0 spiro atoms. The average molecular weight is 270 g/mol. The van der Waals surface area contributed by atoms with Crippen LogP contribution >= 0.6 is 22.9 Å². The van der Waals surface area contributed by atoms with Crippen molar-refractivity contribution in [2.45, 2.75) is 39.7 Å². The molecule has 1 N–H and O–H groups in total. The van der Waals surface area contributed by atoms with E-state index in [0.29, 0.717) is 11.1 Å². The number of thiophene rings is 1. The molecule has 0 aliphatic heterocycles. The Kier molecular flexibility index (Phi) is 3.27. The minimum absolute atomic E-state index is 0.0676. The molecule has 2 aromatic heterocycles. The molecule has 17 heavy (non-hydrogen) atoms. The number of nitrogens with one attached hydrogen (secondary N) is 1. The van der Waals surface area contributed by atoms with Gasteiger partial charge in [-0.3, -0.25) is 0 Å². The molecule has 0 aliphatic rings. The van der Waals surface area contributed by atoms with Crippen LogP contribution in [0.25, 0.3) is 10.2 Å². The number of rotatable bonds is 2. The van der Waals surface area contributed by atoms with Crippen LogP contribution in [0.1, 0.15) is 32.6 Å². The van der Waals surface area contributed by atoms with Gasteiger partial charge >= 0.3 is 0 Å². The van der Waals surface area contributed by atoms with Crippen molar-refractivity contribution < 1.29 is 0 Å². The van der Waals surface area contributed by atoms with Gasteiger partial charge in [-0.2, -0.15) is 0 Å². The molecule has 0 fully saturated rings. The van der Waals surface area contributed by atoms with Gasteiger partial charge < -0.3 is 5.32 Å². The topological polar surface area (TPSA) is 37.8 Å². The number of halogens is 1. The first-order valence-corrected chi connectivity index (χ1v) is 6.82. The fourth-order valence-corrected chi connectivity index (χ4v) is 2.75. The van der Waals surface area contributed by atoms with E-state index >= 15 is 0 Å². The summed E-state index contributed by atoms with van der Waals surface area (Å²) in [5.41, 5.74) is -0.0676. The predicted octanol–water partition coefficient (Wildman–Crippen LogP) is 4.12. The summed E-state index contributed by atoms with van der Waals surface area (Å²) in [6.45, 7) is 8.33. The molecule has 2 aromatic rings. The van der Waals surface area contributed by atoms with E-state index in [-0.39, 0.29) is 5.54 Å². The summed E-state index contributed by atoms with van der Waals surface area (Å²) < 4.78 is 0. The maximum Gasteiger partial charge on any atom is 0.225 e. The van der Waals surface area contributed by atoms with E-state index in [4.69, 9.17) is 11.6 Å². The SMILES string of the molecule is CCc1cc2c(Cl)nc(NC(C)(C)C)nc2s1. The molecule has 0 bridgehead atoms. The lowest BCUT2D eigenvalue weighted by atomic mass is 10.1. The van der Waals surface area contributed by atoms with E-state index in [1.54, 1.807) is 11.3 Å². The van der Waals surface area contributed by atoms with Gasteiger partial charge in [-0.1, -0.05) is 18.5 Å². The van der Waals surface area contributed by atoms with Crippen LogP contribution in [0.5, 0.6) is 0 Å². The first-order chi connectivity index (χ1) is 7.89. The van der Waals surface area contributed by atoms with E-state index < -0.39 is 0 Å². The summed E-state index contributed by atoms with van der Waals surface area (Å²) >= 11 is 7.85. The maximum atomic E-state index is 6.18. The van der Waals surface area contributed by atoms with Crippen molar-refractivity contribution in [2.75, 3.05) is 5.32 Å². The molecule has 92 valence electrons. The normalized spacial score (nSPS) is 12.1. The van der Waals surface area contributed by atoms with Gasteiger partial charge in [-0.25, -0.2) is 9.97 Å². The monoisotopic (exact) mass is 269 g/mol. The van der Waals surface area contributed by atoms with Crippen molar-refractivity contribution in [1.82, 2.24) is 9.97 Å². The first-order valence-electron chi connectivity index (χ1n) is 5.63. The summed E-state index contributed by atoms with van der Waals surface area (Å²) in [6, 6.07) is 2.07. The summed E-state index contributed by atoms with van der Waals surface area (Å²) in [4.78, 5) is 11.0. The van der Waals surface area contributed by atoms with E-state index in [1.807, 2.05) is 0 Å². The van der Waals surface area contributed by atoms with Gasteiger partial charge in [0.15, 0.2) is 0 Å². The second-order valence-corrected chi connectivity index (χ2v) is 6.47. The molecule has 0 radical (unpaired) electrons. The van der Waals surface area contributed by atoms with Gasteiger partial charge in [0.1, 0.15) is 9.98 Å². The largest absolute Gasteiger partial charge is 0.350 e. The number of aromatic nitrogens is 2. The van der Waals surface area contributed by atoms with Crippen molar-refractivity contribution >= 4 is 39.1 Å². The highest BCUT2D eigenvalue weighted by molar-refractivity contribution is 7.18. The highest BCUT2D eigenvalue weighted by Crippen LogP contribution is 2.30. The van der Waals surface area contributed by atoms with Gasteiger partial charge in [0, 0.05) is 15.8 Å². The minimum atomic E-state index is -0.0676. The molecule has 2 heterocycles. The summed E-state index contributed by atoms with van der Waals surface area (Å²) in [6.07, 6.45) is 0.999. The third-order valence-electron chi connectivity index (χ3n) is 2.23. The molecule has 0 saturated heterocycles. The van der Waals surface area contributed by atoms with Gasteiger partial charge in [0.05, 0.1) is 0 Å². The number of hydrogen-bond donors (Lipinski definition) is 1. The molecule has 0 amide bonds. The van der Waals surface area contributed by atoms with Crippen LogP contribution in [0.4, 0.5) is 5.95 Å². The smallest absolute Gasteiger partial charge is 0.225 e. The third kappa shape index (κ3) is 2.87. The van der Waals surface area contributed by atoms with Gasteiger partial charge in [-0.05, 0) is 33.3 Å². The van der Waals surface area contributed by atoms with Crippen molar-refractivity contribution in [3.05, 3.63) is 16.1 Å². The molecule has 2 rings (SSSR count). The Balaban J connectivity index is 2.47. The summed E-state index contributed by atoms with van der Waals surface area (Å²) in [5, 5.41) is 4.72. The standard InChI is InChI=1S/C12H16ClN3S/c1-5-7-6-8-9(13)14-11(15-10(8)17-7)16-12(2,3)4/h6H,5H2,1-4H3,(H,14,15,16). The Morgan fingerprint density at radius 2 is 2.06 bits per heavy atom. The van der Waals surface area contributed by atoms with Crippen LogP contribution in [-0.4, -0.2) is 15.5 Å². The van der Waals surface area contributed by atoms with Gasteiger partial charge in [-0.15, -0.1) is 11.3 Å². The maximum absolute atomic E-state index is 6.18.